The fourth-order valence-electron chi connectivity index (χ4n) is 2.07. The summed E-state index contributed by atoms with van der Waals surface area (Å²) in [6.07, 6.45) is 2.23. The molecule has 90 valence electrons. The molecule has 0 radical (unpaired) electrons. The molecule has 17 heavy (non-hydrogen) atoms. The van der Waals surface area contributed by atoms with E-state index in [-0.39, 0.29) is 0 Å². The molecule has 1 saturated heterocycles. The van der Waals surface area contributed by atoms with E-state index in [1.807, 2.05) is 12.1 Å². The SMILES string of the molecule is COc1cc(C#N)ccc1NC1CCNCC1. The minimum atomic E-state index is 0.484. The zero-order valence-corrected chi connectivity index (χ0v) is 9.99. The first-order chi connectivity index (χ1) is 8.33. The van der Waals surface area contributed by atoms with Gasteiger partial charge in [0.2, 0.25) is 0 Å². The Morgan fingerprint density at radius 2 is 2.18 bits per heavy atom. The number of anilines is 1. The second-order valence-corrected chi connectivity index (χ2v) is 4.20. The van der Waals surface area contributed by atoms with Gasteiger partial charge in [-0.25, -0.2) is 0 Å². The maximum absolute atomic E-state index is 8.84. The van der Waals surface area contributed by atoms with Crippen molar-refractivity contribution in [2.45, 2.75) is 18.9 Å². The summed E-state index contributed by atoms with van der Waals surface area (Å²) >= 11 is 0. The van der Waals surface area contributed by atoms with Crippen LogP contribution in [0.1, 0.15) is 18.4 Å². The Kier molecular flexibility index (Phi) is 3.84. The number of benzene rings is 1. The third kappa shape index (κ3) is 2.89. The maximum Gasteiger partial charge on any atom is 0.143 e. The molecule has 0 bridgehead atoms. The van der Waals surface area contributed by atoms with Gasteiger partial charge in [0.15, 0.2) is 0 Å². The van der Waals surface area contributed by atoms with E-state index in [9.17, 15) is 0 Å². The summed E-state index contributed by atoms with van der Waals surface area (Å²) in [4.78, 5) is 0. The number of hydrogen-bond donors (Lipinski definition) is 2. The molecule has 4 heteroatoms. The monoisotopic (exact) mass is 231 g/mol. The molecular weight excluding hydrogens is 214 g/mol. The fraction of sp³-hybridized carbons (Fsp3) is 0.462. The molecule has 1 aromatic rings. The van der Waals surface area contributed by atoms with Gasteiger partial charge in [0.05, 0.1) is 24.4 Å². The Morgan fingerprint density at radius 1 is 1.41 bits per heavy atom. The highest BCUT2D eigenvalue weighted by atomic mass is 16.5. The van der Waals surface area contributed by atoms with Gasteiger partial charge in [-0.2, -0.15) is 5.26 Å². The molecular formula is C13H17N3O. The normalized spacial score (nSPS) is 16.2. The van der Waals surface area contributed by atoms with Gasteiger partial charge in [0.25, 0.3) is 0 Å². The zero-order chi connectivity index (χ0) is 12.1. The molecule has 1 heterocycles. The van der Waals surface area contributed by atoms with Crippen LogP contribution in [0.15, 0.2) is 18.2 Å². The van der Waals surface area contributed by atoms with Gasteiger partial charge in [-0.05, 0) is 38.1 Å². The highest BCUT2D eigenvalue weighted by molar-refractivity contribution is 5.59. The zero-order valence-electron chi connectivity index (χ0n) is 9.99. The molecule has 4 nitrogen and oxygen atoms in total. The molecule has 0 saturated carbocycles. The smallest absolute Gasteiger partial charge is 0.143 e. The molecule has 1 aromatic carbocycles. The number of piperidine rings is 1. The first-order valence-electron chi connectivity index (χ1n) is 5.89. The van der Waals surface area contributed by atoms with Crippen LogP contribution >= 0.6 is 0 Å². The molecule has 2 rings (SSSR count). The van der Waals surface area contributed by atoms with E-state index in [1.54, 1.807) is 13.2 Å². The molecule has 0 atom stereocenters. The largest absolute Gasteiger partial charge is 0.495 e. The van der Waals surface area contributed by atoms with Gasteiger partial charge in [-0.3, -0.25) is 0 Å². The Hall–Kier alpha value is -1.73. The van der Waals surface area contributed by atoms with Crippen LogP contribution in [-0.2, 0) is 0 Å². The fourth-order valence-corrected chi connectivity index (χ4v) is 2.07. The van der Waals surface area contributed by atoms with Crippen molar-refractivity contribution in [2.75, 3.05) is 25.5 Å². The lowest BCUT2D eigenvalue weighted by molar-refractivity contribution is 0.414. The summed E-state index contributed by atoms with van der Waals surface area (Å²) in [5, 5.41) is 15.6. The lowest BCUT2D eigenvalue weighted by Gasteiger charge is -2.25. The topological polar surface area (TPSA) is 57.1 Å². The molecule has 1 aliphatic heterocycles. The van der Waals surface area contributed by atoms with Crippen LogP contribution in [0.3, 0.4) is 0 Å². The highest BCUT2D eigenvalue weighted by Crippen LogP contribution is 2.27. The van der Waals surface area contributed by atoms with Gasteiger partial charge in [0, 0.05) is 12.1 Å². The van der Waals surface area contributed by atoms with E-state index in [2.05, 4.69) is 16.7 Å². The predicted molar refractivity (Wildman–Crippen MR) is 67.2 cm³/mol. The summed E-state index contributed by atoms with van der Waals surface area (Å²) in [6.45, 7) is 2.10. The Morgan fingerprint density at radius 3 is 2.82 bits per heavy atom. The van der Waals surface area contributed by atoms with Gasteiger partial charge in [-0.15, -0.1) is 0 Å². The second-order valence-electron chi connectivity index (χ2n) is 4.20. The third-order valence-corrected chi connectivity index (χ3v) is 3.03. The number of nitrogens with one attached hydrogen (secondary N) is 2. The summed E-state index contributed by atoms with van der Waals surface area (Å²) < 4.78 is 5.30. The second kappa shape index (κ2) is 5.55. The van der Waals surface area contributed by atoms with Crippen LogP contribution in [-0.4, -0.2) is 26.2 Å². The summed E-state index contributed by atoms with van der Waals surface area (Å²) in [6, 6.07) is 8.09. The van der Waals surface area contributed by atoms with Gasteiger partial charge >= 0.3 is 0 Å². The Balaban J connectivity index is 2.11. The molecule has 0 spiro atoms. The average molecular weight is 231 g/mol. The van der Waals surface area contributed by atoms with Gasteiger partial charge in [0.1, 0.15) is 5.75 Å². The number of nitrogens with zero attached hydrogens (tertiary/aromatic N) is 1. The van der Waals surface area contributed by atoms with Crippen molar-refractivity contribution < 1.29 is 4.74 Å². The number of ether oxygens (including phenoxy) is 1. The van der Waals surface area contributed by atoms with Gasteiger partial charge < -0.3 is 15.4 Å². The van der Waals surface area contributed by atoms with Crippen LogP contribution in [0, 0.1) is 11.3 Å². The van der Waals surface area contributed by atoms with E-state index >= 15 is 0 Å². The standard InChI is InChI=1S/C13H17N3O/c1-17-13-8-10(9-14)2-3-12(13)16-11-4-6-15-7-5-11/h2-3,8,11,15-16H,4-7H2,1H3. The first-order valence-corrected chi connectivity index (χ1v) is 5.89. The van der Waals surface area contributed by atoms with Crippen molar-refractivity contribution >= 4 is 5.69 Å². The molecule has 0 aromatic heterocycles. The predicted octanol–water partition coefficient (Wildman–Crippen LogP) is 1.73. The van der Waals surface area contributed by atoms with E-state index in [4.69, 9.17) is 10.00 Å². The van der Waals surface area contributed by atoms with Crippen molar-refractivity contribution in [2.24, 2.45) is 0 Å². The number of rotatable bonds is 3. The molecule has 1 fully saturated rings. The van der Waals surface area contributed by atoms with Crippen molar-refractivity contribution in [1.29, 1.82) is 5.26 Å². The van der Waals surface area contributed by atoms with Crippen LogP contribution in [0.25, 0.3) is 0 Å². The lowest BCUT2D eigenvalue weighted by Crippen LogP contribution is -2.35. The van der Waals surface area contributed by atoms with Crippen LogP contribution in [0.2, 0.25) is 0 Å². The van der Waals surface area contributed by atoms with Crippen molar-refractivity contribution in [3.05, 3.63) is 23.8 Å². The Labute approximate surface area is 102 Å². The highest BCUT2D eigenvalue weighted by Gasteiger charge is 2.14. The first kappa shape index (κ1) is 11.7. The van der Waals surface area contributed by atoms with Crippen molar-refractivity contribution in [3.8, 4) is 11.8 Å². The number of methoxy groups -OCH3 is 1. The van der Waals surface area contributed by atoms with E-state index in [0.29, 0.717) is 11.6 Å². The lowest BCUT2D eigenvalue weighted by atomic mass is 10.1. The Bertz CT molecular complexity index is 419. The summed E-state index contributed by atoms with van der Waals surface area (Å²) in [5.74, 6) is 0.739. The summed E-state index contributed by atoms with van der Waals surface area (Å²) in [7, 11) is 1.63. The molecule has 0 aliphatic carbocycles. The number of nitriles is 1. The average Bonchev–Trinajstić information content (AvgIpc) is 2.40. The van der Waals surface area contributed by atoms with E-state index in [1.165, 1.54) is 0 Å². The molecule has 1 aliphatic rings. The minimum absolute atomic E-state index is 0.484. The van der Waals surface area contributed by atoms with Crippen LogP contribution < -0.4 is 15.4 Å². The van der Waals surface area contributed by atoms with Crippen LogP contribution in [0.4, 0.5) is 5.69 Å². The van der Waals surface area contributed by atoms with Crippen molar-refractivity contribution in [3.63, 3.8) is 0 Å². The third-order valence-electron chi connectivity index (χ3n) is 3.03. The molecule has 0 amide bonds. The summed E-state index contributed by atoms with van der Waals surface area (Å²) in [5.41, 5.74) is 1.59. The van der Waals surface area contributed by atoms with Crippen LogP contribution in [0.5, 0.6) is 5.75 Å². The molecule has 0 unspecified atom stereocenters. The minimum Gasteiger partial charge on any atom is -0.495 e. The van der Waals surface area contributed by atoms with Gasteiger partial charge in [-0.1, -0.05) is 0 Å². The molecule has 2 N–H and O–H groups in total. The quantitative estimate of drug-likeness (QED) is 0.831. The van der Waals surface area contributed by atoms with E-state index < -0.39 is 0 Å². The maximum atomic E-state index is 8.84. The number of hydrogen-bond acceptors (Lipinski definition) is 4. The van der Waals surface area contributed by atoms with E-state index in [0.717, 1.165) is 37.4 Å². The van der Waals surface area contributed by atoms with Crippen molar-refractivity contribution in [1.82, 2.24) is 5.32 Å².